The van der Waals surface area contributed by atoms with Gasteiger partial charge in [0.2, 0.25) is 0 Å². The molecule has 3 heteroatoms. The van der Waals surface area contributed by atoms with Crippen molar-refractivity contribution in [1.82, 2.24) is 0 Å². The molecule has 2 nitrogen and oxygen atoms in total. The number of nitrogen functional groups attached to an aromatic ring is 1. The number of hydrogen-bond acceptors (Lipinski definition) is 2. The van der Waals surface area contributed by atoms with Crippen molar-refractivity contribution in [2.24, 2.45) is 0 Å². The van der Waals surface area contributed by atoms with Crippen LogP contribution in [0.2, 0.25) is 5.02 Å². The van der Waals surface area contributed by atoms with Crippen molar-refractivity contribution in [3.8, 4) is 5.75 Å². The van der Waals surface area contributed by atoms with E-state index in [1.54, 1.807) is 13.2 Å². The van der Waals surface area contributed by atoms with Crippen LogP contribution in [0.15, 0.2) is 12.1 Å². The standard InChI is InChI=1S/C11H16ClNO/c1-11(2,3)7-5-8(12)9(13)6-10(7)14-4/h5-6H,13H2,1-4H3. The van der Waals surface area contributed by atoms with Crippen molar-refractivity contribution < 1.29 is 4.74 Å². The highest BCUT2D eigenvalue weighted by Crippen LogP contribution is 2.36. The van der Waals surface area contributed by atoms with Gasteiger partial charge in [-0.2, -0.15) is 0 Å². The Morgan fingerprint density at radius 2 is 1.86 bits per heavy atom. The van der Waals surface area contributed by atoms with Gasteiger partial charge in [-0.1, -0.05) is 32.4 Å². The Kier molecular flexibility index (Phi) is 2.95. The average molecular weight is 214 g/mol. The molecule has 0 spiro atoms. The van der Waals surface area contributed by atoms with Gasteiger partial charge in [-0.15, -0.1) is 0 Å². The average Bonchev–Trinajstić information content (AvgIpc) is 2.07. The lowest BCUT2D eigenvalue weighted by atomic mass is 9.86. The first kappa shape index (κ1) is 11.2. The van der Waals surface area contributed by atoms with Gasteiger partial charge in [0.15, 0.2) is 0 Å². The number of benzene rings is 1. The predicted octanol–water partition coefficient (Wildman–Crippen LogP) is 3.23. The van der Waals surface area contributed by atoms with E-state index in [9.17, 15) is 0 Å². The van der Waals surface area contributed by atoms with Crippen LogP contribution in [-0.4, -0.2) is 7.11 Å². The van der Waals surface area contributed by atoms with E-state index >= 15 is 0 Å². The highest BCUT2D eigenvalue weighted by molar-refractivity contribution is 6.33. The van der Waals surface area contributed by atoms with Gasteiger partial charge in [0.25, 0.3) is 0 Å². The number of methoxy groups -OCH3 is 1. The van der Waals surface area contributed by atoms with Crippen molar-refractivity contribution >= 4 is 17.3 Å². The van der Waals surface area contributed by atoms with Crippen molar-refractivity contribution in [3.63, 3.8) is 0 Å². The minimum absolute atomic E-state index is 0.00266. The summed E-state index contributed by atoms with van der Waals surface area (Å²) >= 11 is 5.97. The lowest BCUT2D eigenvalue weighted by Gasteiger charge is -2.22. The monoisotopic (exact) mass is 213 g/mol. The summed E-state index contributed by atoms with van der Waals surface area (Å²) in [5, 5.41) is 0.579. The summed E-state index contributed by atoms with van der Waals surface area (Å²) in [4.78, 5) is 0. The Morgan fingerprint density at radius 3 is 2.29 bits per heavy atom. The molecule has 0 aliphatic heterocycles. The molecule has 0 unspecified atom stereocenters. The van der Waals surface area contributed by atoms with Gasteiger partial charge in [0.05, 0.1) is 17.8 Å². The molecular weight excluding hydrogens is 198 g/mol. The minimum atomic E-state index is 0.00266. The lowest BCUT2D eigenvalue weighted by Crippen LogP contribution is -2.13. The highest BCUT2D eigenvalue weighted by Gasteiger charge is 2.20. The molecular formula is C11H16ClNO. The van der Waals surface area contributed by atoms with Crippen molar-refractivity contribution in [2.45, 2.75) is 26.2 Å². The molecule has 78 valence electrons. The molecule has 0 aromatic heterocycles. The van der Waals surface area contributed by atoms with E-state index in [-0.39, 0.29) is 5.41 Å². The van der Waals surface area contributed by atoms with Gasteiger partial charge in [0, 0.05) is 11.6 Å². The van der Waals surface area contributed by atoms with Crippen LogP contribution in [0.4, 0.5) is 5.69 Å². The van der Waals surface area contributed by atoms with Crippen LogP contribution in [-0.2, 0) is 5.41 Å². The molecule has 0 saturated carbocycles. The van der Waals surface area contributed by atoms with Crippen LogP contribution in [0.3, 0.4) is 0 Å². The number of halogens is 1. The second kappa shape index (κ2) is 3.70. The van der Waals surface area contributed by atoms with Crippen LogP contribution in [0, 0.1) is 0 Å². The van der Waals surface area contributed by atoms with Gasteiger partial charge < -0.3 is 10.5 Å². The third kappa shape index (κ3) is 2.13. The van der Waals surface area contributed by atoms with Crippen LogP contribution in [0.1, 0.15) is 26.3 Å². The smallest absolute Gasteiger partial charge is 0.124 e. The third-order valence-corrected chi connectivity index (χ3v) is 2.45. The van der Waals surface area contributed by atoms with E-state index in [0.29, 0.717) is 10.7 Å². The molecule has 1 rings (SSSR count). The number of hydrogen-bond donors (Lipinski definition) is 1. The first-order chi connectivity index (χ1) is 6.36. The second-order valence-corrected chi connectivity index (χ2v) is 4.73. The Labute approximate surface area is 90.0 Å². The molecule has 0 bridgehead atoms. The third-order valence-electron chi connectivity index (χ3n) is 2.13. The van der Waals surface area contributed by atoms with Gasteiger partial charge in [-0.05, 0) is 11.5 Å². The van der Waals surface area contributed by atoms with Crippen molar-refractivity contribution in [1.29, 1.82) is 0 Å². The molecule has 1 aromatic carbocycles. The lowest BCUT2D eigenvalue weighted by molar-refractivity contribution is 0.398. The SMILES string of the molecule is COc1cc(N)c(Cl)cc1C(C)(C)C. The molecule has 14 heavy (non-hydrogen) atoms. The highest BCUT2D eigenvalue weighted by atomic mass is 35.5. The topological polar surface area (TPSA) is 35.2 Å². The van der Waals surface area contributed by atoms with E-state index in [2.05, 4.69) is 20.8 Å². The molecule has 0 amide bonds. The van der Waals surface area contributed by atoms with Crippen LogP contribution >= 0.6 is 11.6 Å². The van der Waals surface area contributed by atoms with Crippen LogP contribution in [0.5, 0.6) is 5.75 Å². The molecule has 0 radical (unpaired) electrons. The van der Waals surface area contributed by atoms with E-state index < -0.39 is 0 Å². The summed E-state index contributed by atoms with van der Waals surface area (Å²) in [6, 6.07) is 3.64. The Morgan fingerprint density at radius 1 is 1.29 bits per heavy atom. The zero-order valence-corrected chi connectivity index (χ0v) is 9.77. The number of anilines is 1. The van der Waals surface area contributed by atoms with Gasteiger partial charge >= 0.3 is 0 Å². The summed E-state index contributed by atoms with van der Waals surface area (Å²) in [6.45, 7) is 6.33. The predicted molar refractivity (Wildman–Crippen MR) is 61.1 cm³/mol. The molecule has 0 heterocycles. The Bertz CT molecular complexity index is 342. The van der Waals surface area contributed by atoms with Crippen molar-refractivity contribution in [2.75, 3.05) is 12.8 Å². The van der Waals surface area contributed by atoms with E-state index in [1.807, 2.05) is 6.07 Å². The Balaban J connectivity index is 3.35. The van der Waals surface area contributed by atoms with E-state index in [4.69, 9.17) is 22.1 Å². The largest absolute Gasteiger partial charge is 0.496 e. The first-order valence-corrected chi connectivity index (χ1v) is 4.87. The Hall–Kier alpha value is -0.890. The summed E-state index contributed by atoms with van der Waals surface area (Å²) < 4.78 is 5.27. The van der Waals surface area contributed by atoms with Crippen LogP contribution < -0.4 is 10.5 Å². The summed E-state index contributed by atoms with van der Waals surface area (Å²) in [6.07, 6.45) is 0. The minimum Gasteiger partial charge on any atom is -0.496 e. The molecule has 2 N–H and O–H groups in total. The normalized spacial score (nSPS) is 11.5. The first-order valence-electron chi connectivity index (χ1n) is 4.49. The number of ether oxygens (including phenoxy) is 1. The number of rotatable bonds is 1. The fourth-order valence-electron chi connectivity index (χ4n) is 1.32. The van der Waals surface area contributed by atoms with E-state index in [0.717, 1.165) is 11.3 Å². The van der Waals surface area contributed by atoms with Gasteiger partial charge in [-0.25, -0.2) is 0 Å². The van der Waals surface area contributed by atoms with Gasteiger partial charge in [0.1, 0.15) is 5.75 Å². The molecule has 0 aliphatic carbocycles. The number of nitrogens with two attached hydrogens (primary N) is 1. The second-order valence-electron chi connectivity index (χ2n) is 4.32. The van der Waals surface area contributed by atoms with Crippen molar-refractivity contribution in [3.05, 3.63) is 22.7 Å². The molecule has 0 saturated heterocycles. The van der Waals surface area contributed by atoms with Gasteiger partial charge in [-0.3, -0.25) is 0 Å². The molecule has 0 atom stereocenters. The maximum Gasteiger partial charge on any atom is 0.124 e. The maximum atomic E-state index is 5.97. The zero-order valence-electron chi connectivity index (χ0n) is 9.02. The zero-order chi connectivity index (χ0) is 10.9. The molecule has 1 aromatic rings. The summed E-state index contributed by atoms with van der Waals surface area (Å²) in [5.74, 6) is 0.791. The van der Waals surface area contributed by atoms with Crippen LogP contribution in [0.25, 0.3) is 0 Å². The molecule has 0 fully saturated rings. The van der Waals surface area contributed by atoms with E-state index in [1.165, 1.54) is 0 Å². The quantitative estimate of drug-likeness (QED) is 0.727. The fourth-order valence-corrected chi connectivity index (χ4v) is 1.49. The summed E-state index contributed by atoms with van der Waals surface area (Å²) in [5.41, 5.74) is 7.32. The maximum absolute atomic E-state index is 5.97. The summed E-state index contributed by atoms with van der Waals surface area (Å²) in [7, 11) is 1.64. The fraction of sp³-hybridized carbons (Fsp3) is 0.455. The molecule has 0 aliphatic rings.